The van der Waals surface area contributed by atoms with Crippen LogP contribution in [0.2, 0.25) is 0 Å². The lowest BCUT2D eigenvalue weighted by Crippen LogP contribution is -2.44. The molecule has 1 aromatic carbocycles. The summed E-state index contributed by atoms with van der Waals surface area (Å²) in [7, 11) is 0. The highest BCUT2D eigenvalue weighted by molar-refractivity contribution is 6.05. The standard InChI is InChI=1S/C22H24N8O3/c23-20(24-9-4-10-31)29-19(32)15-7-3-8-16-18(15)28-21(26-16)30-22(33)27-17-11-13-5-1-2-6-14(13)12-25-17/h1-3,5-8,11-12,15,18,31H,4,9-10H2,(H3,23,24,29,32)(H3,25,26,27,28,30,33). The highest BCUT2D eigenvalue weighted by atomic mass is 16.3. The lowest BCUT2D eigenvalue weighted by Gasteiger charge is -2.20. The number of nitrogens with zero attached hydrogens (tertiary/aromatic N) is 3. The summed E-state index contributed by atoms with van der Waals surface area (Å²) in [4.78, 5) is 37.8. The Morgan fingerprint density at radius 2 is 2.03 bits per heavy atom. The molecule has 170 valence electrons. The highest BCUT2D eigenvalue weighted by Gasteiger charge is 2.35. The van der Waals surface area contributed by atoms with Gasteiger partial charge in [-0.1, -0.05) is 36.4 Å². The molecule has 7 N–H and O–H groups in total. The molecule has 0 saturated carbocycles. The van der Waals surface area contributed by atoms with Gasteiger partial charge in [-0.15, -0.1) is 0 Å². The number of allylic oxidation sites excluding steroid dienone is 2. The van der Waals surface area contributed by atoms with Crippen LogP contribution in [0.1, 0.15) is 6.42 Å². The summed E-state index contributed by atoms with van der Waals surface area (Å²) < 4.78 is 0. The van der Waals surface area contributed by atoms with E-state index < -0.39 is 18.0 Å². The Bertz CT molecular complexity index is 1190. The van der Waals surface area contributed by atoms with Gasteiger partial charge in [-0.3, -0.25) is 25.7 Å². The molecule has 11 nitrogen and oxygen atoms in total. The molecule has 0 bridgehead atoms. The van der Waals surface area contributed by atoms with Gasteiger partial charge in [-0.2, -0.15) is 0 Å². The van der Waals surface area contributed by atoms with Crippen LogP contribution in [-0.4, -0.2) is 53.1 Å². The first-order chi connectivity index (χ1) is 16.0. The van der Waals surface area contributed by atoms with Gasteiger partial charge in [0.1, 0.15) is 11.9 Å². The van der Waals surface area contributed by atoms with Crippen molar-refractivity contribution in [3.05, 3.63) is 60.5 Å². The summed E-state index contributed by atoms with van der Waals surface area (Å²) in [6, 6.07) is 8.43. The van der Waals surface area contributed by atoms with E-state index in [2.05, 4.69) is 36.2 Å². The van der Waals surface area contributed by atoms with E-state index in [9.17, 15) is 9.59 Å². The number of carbonyl (C=O) groups is 2. The number of aliphatic imine (C=N–C) groups is 2. The molecule has 2 aromatic rings. The quantitative estimate of drug-likeness (QED) is 0.222. The van der Waals surface area contributed by atoms with Gasteiger partial charge in [0, 0.05) is 30.4 Å². The molecular formula is C22H24N8O3. The molecule has 0 spiro atoms. The fraction of sp³-hybridized carbons (Fsp3) is 0.227. The molecule has 2 heterocycles. The number of pyridine rings is 1. The predicted octanol–water partition coefficient (Wildman–Crippen LogP) is 0.567. The third-order valence-corrected chi connectivity index (χ3v) is 5.04. The molecule has 3 amide bonds. The third-order valence-electron chi connectivity index (χ3n) is 5.04. The van der Waals surface area contributed by atoms with Crippen molar-refractivity contribution < 1.29 is 14.7 Å². The second kappa shape index (κ2) is 9.92. The Hall–Kier alpha value is -4.25. The van der Waals surface area contributed by atoms with Gasteiger partial charge in [0.05, 0.1) is 5.92 Å². The number of aliphatic hydroxyl groups excluding tert-OH is 1. The van der Waals surface area contributed by atoms with Crippen LogP contribution in [0.15, 0.2) is 70.4 Å². The minimum atomic E-state index is -0.631. The van der Waals surface area contributed by atoms with E-state index in [1.807, 2.05) is 24.3 Å². The Balaban J connectivity index is 1.38. The maximum Gasteiger partial charge on any atom is 0.327 e. The zero-order valence-electron chi connectivity index (χ0n) is 17.7. The molecular weight excluding hydrogens is 424 g/mol. The van der Waals surface area contributed by atoms with Gasteiger partial charge in [-0.25, -0.2) is 14.8 Å². The summed E-state index contributed by atoms with van der Waals surface area (Å²) in [5.74, 6) is -0.405. The third kappa shape index (κ3) is 5.33. The van der Waals surface area contributed by atoms with Gasteiger partial charge < -0.3 is 16.2 Å². The number of aliphatic hydroxyl groups is 1. The van der Waals surface area contributed by atoms with E-state index in [1.165, 1.54) is 0 Å². The minimum absolute atomic E-state index is 0.00696. The molecule has 2 unspecified atom stereocenters. The fourth-order valence-corrected chi connectivity index (χ4v) is 3.47. The Morgan fingerprint density at radius 3 is 2.85 bits per heavy atom. The lowest BCUT2D eigenvalue weighted by molar-refractivity contribution is -0.122. The van der Waals surface area contributed by atoms with Gasteiger partial charge >= 0.3 is 6.03 Å². The zero-order valence-corrected chi connectivity index (χ0v) is 17.7. The van der Waals surface area contributed by atoms with Crippen molar-refractivity contribution in [1.82, 2.24) is 20.9 Å². The molecule has 1 aromatic heterocycles. The first-order valence-corrected chi connectivity index (χ1v) is 10.4. The van der Waals surface area contributed by atoms with E-state index in [0.29, 0.717) is 24.5 Å². The summed E-state index contributed by atoms with van der Waals surface area (Å²) in [6.07, 6.45) is 7.37. The maximum atomic E-state index is 12.7. The SMILES string of the molecule is NC(=NCCCO)NC(=O)C1C=CC=C2NC(NC(=O)Nc3cc4ccccc4cn3)=NC21. The average Bonchev–Trinajstić information content (AvgIpc) is 3.21. The van der Waals surface area contributed by atoms with Gasteiger partial charge in [0.2, 0.25) is 11.9 Å². The van der Waals surface area contributed by atoms with Crippen molar-refractivity contribution in [2.75, 3.05) is 18.5 Å². The number of guanidine groups is 2. The molecule has 4 rings (SSSR count). The van der Waals surface area contributed by atoms with Crippen LogP contribution >= 0.6 is 0 Å². The number of benzene rings is 1. The largest absolute Gasteiger partial charge is 0.396 e. The van der Waals surface area contributed by atoms with E-state index in [4.69, 9.17) is 10.8 Å². The van der Waals surface area contributed by atoms with Crippen molar-refractivity contribution in [3.8, 4) is 0 Å². The topological polar surface area (TPSA) is 166 Å². The molecule has 0 radical (unpaired) electrons. The monoisotopic (exact) mass is 448 g/mol. The van der Waals surface area contributed by atoms with Crippen LogP contribution < -0.4 is 27.0 Å². The molecule has 2 atom stereocenters. The number of rotatable bonds is 5. The number of aromatic nitrogens is 1. The van der Waals surface area contributed by atoms with E-state index in [1.54, 1.807) is 30.5 Å². The van der Waals surface area contributed by atoms with E-state index >= 15 is 0 Å². The number of nitrogens with one attached hydrogen (secondary N) is 4. The smallest absolute Gasteiger partial charge is 0.327 e. The van der Waals surface area contributed by atoms with E-state index in [0.717, 1.165) is 10.8 Å². The first kappa shape index (κ1) is 22.0. The van der Waals surface area contributed by atoms with Crippen LogP contribution in [0.3, 0.4) is 0 Å². The zero-order chi connectivity index (χ0) is 23.2. The number of fused-ring (bicyclic) bond motifs is 2. The summed E-state index contributed by atoms with van der Waals surface area (Å²) in [6.45, 7) is 0.305. The highest BCUT2D eigenvalue weighted by Crippen LogP contribution is 2.25. The number of carbonyl (C=O) groups excluding carboxylic acids is 2. The minimum Gasteiger partial charge on any atom is -0.396 e. The maximum absolute atomic E-state index is 12.7. The summed E-state index contributed by atoms with van der Waals surface area (Å²) >= 11 is 0. The second-order valence-corrected chi connectivity index (χ2v) is 7.41. The number of amides is 3. The molecule has 11 heteroatoms. The van der Waals surface area contributed by atoms with Crippen LogP contribution in [0, 0.1) is 5.92 Å². The van der Waals surface area contributed by atoms with Gasteiger partial charge in [0.15, 0.2) is 5.96 Å². The molecule has 0 fully saturated rings. The predicted molar refractivity (Wildman–Crippen MR) is 125 cm³/mol. The van der Waals surface area contributed by atoms with Crippen LogP contribution in [-0.2, 0) is 4.79 Å². The summed E-state index contributed by atoms with van der Waals surface area (Å²) in [5, 5.41) is 21.6. The number of nitrogens with two attached hydrogens (primary N) is 1. The van der Waals surface area contributed by atoms with Crippen molar-refractivity contribution in [2.45, 2.75) is 12.5 Å². The average molecular weight is 448 g/mol. The van der Waals surface area contributed by atoms with Gasteiger partial charge in [-0.05, 0) is 23.9 Å². The number of hydrogen-bond acceptors (Lipinski definition) is 7. The molecule has 1 aliphatic carbocycles. The second-order valence-electron chi connectivity index (χ2n) is 7.41. The lowest BCUT2D eigenvalue weighted by atomic mass is 9.92. The Morgan fingerprint density at radius 1 is 1.21 bits per heavy atom. The van der Waals surface area contributed by atoms with Crippen LogP contribution in [0.5, 0.6) is 0 Å². The van der Waals surface area contributed by atoms with Crippen molar-refractivity contribution in [3.63, 3.8) is 0 Å². The fourth-order valence-electron chi connectivity index (χ4n) is 3.47. The number of anilines is 1. The van der Waals surface area contributed by atoms with E-state index in [-0.39, 0.29) is 24.4 Å². The first-order valence-electron chi connectivity index (χ1n) is 10.4. The summed E-state index contributed by atoms with van der Waals surface area (Å²) in [5.41, 5.74) is 6.41. The van der Waals surface area contributed by atoms with Crippen LogP contribution in [0.4, 0.5) is 10.6 Å². The molecule has 1 aliphatic heterocycles. The van der Waals surface area contributed by atoms with Gasteiger partial charge in [0.25, 0.3) is 0 Å². The Kier molecular flexibility index (Phi) is 6.60. The van der Waals surface area contributed by atoms with Crippen LogP contribution in [0.25, 0.3) is 10.8 Å². The number of hydrogen-bond donors (Lipinski definition) is 6. The molecule has 33 heavy (non-hydrogen) atoms. The normalized spacial score (nSPS) is 19.2. The molecule has 2 aliphatic rings. The van der Waals surface area contributed by atoms with Crippen molar-refractivity contribution in [2.24, 2.45) is 21.6 Å². The van der Waals surface area contributed by atoms with Crippen molar-refractivity contribution >= 4 is 40.4 Å². The Labute approximate surface area is 189 Å². The van der Waals surface area contributed by atoms with Crippen molar-refractivity contribution in [1.29, 1.82) is 0 Å². The molecule has 0 saturated heterocycles. The number of urea groups is 1.